The van der Waals surface area contributed by atoms with Gasteiger partial charge in [-0.3, -0.25) is 4.90 Å². The highest BCUT2D eigenvalue weighted by Gasteiger charge is 2.32. The molecular formula is C15H31N3O. The van der Waals surface area contributed by atoms with Gasteiger partial charge in [-0.05, 0) is 39.7 Å². The van der Waals surface area contributed by atoms with Gasteiger partial charge in [0.05, 0.1) is 6.61 Å². The molecule has 4 heteroatoms. The van der Waals surface area contributed by atoms with Gasteiger partial charge in [0, 0.05) is 43.8 Å². The Bertz CT molecular complexity index is 283. The standard InChI is InChI=1S/C15H31N3O/c1-4-18-10-9-17(11-13(18)2)8-7-15(3,12-19)16-14-5-6-14/h13-14,16,19H,4-12H2,1-3H3. The lowest BCUT2D eigenvalue weighted by Gasteiger charge is -2.40. The first-order valence-corrected chi connectivity index (χ1v) is 7.91. The zero-order valence-corrected chi connectivity index (χ0v) is 12.9. The largest absolute Gasteiger partial charge is 0.394 e. The van der Waals surface area contributed by atoms with E-state index in [1.165, 1.54) is 32.5 Å². The van der Waals surface area contributed by atoms with Gasteiger partial charge in [0.2, 0.25) is 0 Å². The third-order valence-electron chi connectivity index (χ3n) is 4.71. The molecule has 0 amide bonds. The van der Waals surface area contributed by atoms with Crippen LogP contribution in [0.5, 0.6) is 0 Å². The molecule has 1 heterocycles. The molecule has 0 aromatic carbocycles. The van der Waals surface area contributed by atoms with Gasteiger partial charge >= 0.3 is 0 Å². The van der Waals surface area contributed by atoms with Crippen LogP contribution in [0.1, 0.15) is 40.0 Å². The van der Waals surface area contributed by atoms with Crippen molar-refractivity contribution in [1.82, 2.24) is 15.1 Å². The van der Waals surface area contributed by atoms with Gasteiger partial charge in [0.25, 0.3) is 0 Å². The third-order valence-corrected chi connectivity index (χ3v) is 4.71. The maximum absolute atomic E-state index is 9.63. The Morgan fingerprint density at radius 3 is 2.58 bits per heavy atom. The lowest BCUT2D eigenvalue weighted by molar-refractivity contribution is 0.0738. The van der Waals surface area contributed by atoms with Crippen LogP contribution in [0.15, 0.2) is 0 Å². The van der Waals surface area contributed by atoms with Crippen molar-refractivity contribution in [3.05, 3.63) is 0 Å². The lowest BCUT2D eigenvalue weighted by Crippen LogP contribution is -2.54. The molecule has 112 valence electrons. The molecular weight excluding hydrogens is 238 g/mol. The zero-order valence-electron chi connectivity index (χ0n) is 12.9. The topological polar surface area (TPSA) is 38.7 Å². The molecule has 0 spiro atoms. The molecule has 19 heavy (non-hydrogen) atoms. The number of hydrogen-bond donors (Lipinski definition) is 2. The van der Waals surface area contributed by atoms with Crippen LogP contribution in [0.25, 0.3) is 0 Å². The minimum Gasteiger partial charge on any atom is -0.394 e. The average Bonchev–Trinajstić information content (AvgIpc) is 3.20. The second kappa shape index (κ2) is 6.53. The number of rotatable bonds is 7. The quantitative estimate of drug-likeness (QED) is 0.720. The summed E-state index contributed by atoms with van der Waals surface area (Å²) in [6, 6.07) is 1.32. The number of hydrogen-bond acceptors (Lipinski definition) is 4. The second-order valence-corrected chi connectivity index (χ2v) is 6.67. The van der Waals surface area contributed by atoms with Crippen LogP contribution in [0.2, 0.25) is 0 Å². The van der Waals surface area contributed by atoms with Crippen molar-refractivity contribution in [2.45, 2.75) is 57.7 Å². The van der Waals surface area contributed by atoms with Gasteiger partial charge in [-0.25, -0.2) is 0 Å². The summed E-state index contributed by atoms with van der Waals surface area (Å²) >= 11 is 0. The van der Waals surface area contributed by atoms with Crippen LogP contribution in [-0.4, -0.2) is 71.9 Å². The normalized spacial score (nSPS) is 29.4. The van der Waals surface area contributed by atoms with E-state index < -0.39 is 0 Å². The van der Waals surface area contributed by atoms with Crippen LogP contribution in [0.3, 0.4) is 0 Å². The summed E-state index contributed by atoms with van der Waals surface area (Å²) in [7, 11) is 0. The summed E-state index contributed by atoms with van der Waals surface area (Å²) in [6.45, 7) is 12.7. The summed E-state index contributed by atoms with van der Waals surface area (Å²) in [4.78, 5) is 5.10. The first kappa shape index (κ1) is 15.2. The van der Waals surface area contributed by atoms with Gasteiger partial charge in [-0.2, -0.15) is 0 Å². The van der Waals surface area contributed by atoms with Crippen LogP contribution in [0, 0.1) is 0 Å². The predicted molar refractivity (Wildman–Crippen MR) is 79.4 cm³/mol. The molecule has 4 nitrogen and oxygen atoms in total. The van der Waals surface area contributed by atoms with Crippen LogP contribution in [0.4, 0.5) is 0 Å². The van der Waals surface area contributed by atoms with Crippen LogP contribution in [-0.2, 0) is 0 Å². The molecule has 0 bridgehead atoms. The molecule has 2 rings (SSSR count). The fraction of sp³-hybridized carbons (Fsp3) is 1.00. The molecule has 0 aromatic rings. The van der Waals surface area contributed by atoms with Gasteiger partial charge in [-0.15, -0.1) is 0 Å². The monoisotopic (exact) mass is 269 g/mol. The predicted octanol–water partition coefficient (Wildman–Crippen LogP) is 0.906. The highest BCUT2D eigenvalue weighted by Crippen LogP contribution is 2.24. The van der Waals surface area contributed by atoms with E-state index in [9.17, 15) is 5.11 Å². The molecule has 0 aromatic heterocycles. The summed E-state index contributed by atoms with van der Waals surface area (Å²) in [5, 5.41) is 13.2. The minimum absolute atomic E-state index is 0.0910. The summed E-state index contributed by atoms with van der Waals surface area (Å²) < 4.78 is 0. The smallest absolute Gasteiger partial charge is 0.0611 e. The van der Waals surface area contributed by atoms with Gasteiger partial charge in [0.1, 0.15) is 0 Å². The van der Waals surface area contributed by atoms with E-state index in [2.05, 4.69) is 35.9 Å². The molecule has 2 N–H and O–H groups in total. The van der Waals surface area contributed by atoms with E-state index in [0.29, 0.717) is 12.1 Å². The van der Waals surface area contributed by atoms with Crippen molar-refractivity contribution in [3.63, 3.8) is 0 Å². The first-order valence-electron chi connectivity index (χ1n) is 7.91. The summed E-state index contributed by atoms with van der Waals surface area (Å²) in [6.07, 6.45) is 3.60. The average molecular weight is 269 g/mol. The fourth-order valence-electron chi connectivity index (χ4n) is 3.07. The van der Waals surface area contributed by atoms with E-state index in [0.717, 1.165) is 19.5 Å². The maximum atomic E-state index is 9.63. The van der Waals surface area contributed by atoms with Crippen molar-refractivity contribution in [3.8, 4) is 0 Å². The Balaban J connectivity index is 1.74. The van der Waals surface area contributed by atoms with E-state index in [-0.39, 0.29) is 12.1 Å². The Hall–Kier alpha value is -0.160. The van der Waals surface area contributed by atoms with Crippen molar-refractivity contribution in [2.75, 3.05) is 39.3 Å². The van der Waals surface area contributed by atoms with Crippen molar-refractivity contribution in [1.29, 1.82) is 0 Å². The van der Waals surface area contributed by atoms with Gasteiger partial charge < -0.3 is 15.3 Å². The summed E-state index contributed by atoms with van der Waals surface area (Å²) in [5.41, 5.74) is -0.0910. The minimum atomic E-state index is -0.0910. The maximum Gasteiger partial charge on any atom is 0.0611 e. The van der Waals surface area contributed by atoms with Gasteiger partial charge in [0.15, 0.2) is 0 Å². The van der Waals surface area contributed by atoms with Crippen LogP contribution < -0.4 is 5.32 Å². The highest BCUT2D eigenvalue weighted by atomic mass is 16.3. The Kier molecular flexibility index (Phi) is 5.23. The number of likely N-dealkylation sites (N-methyl/N-ethyl adjacent to an activating group) is 1. The Morgan fingerprint density at radius 2 is 2.05 bits per heavy atom. The van der Waals surface area contributed by atoms with Crippen molar-refractivity contribution >= 4 is 0 Å². The molecule has 1 saturated heterocycles. The number of aliphatic hydroxyl groups is 1. The molecule has 2 fully saturated rings. The van der Waals surface area contributed by atoms with Gasteiger partial charge in [-0.1, -0.05) is 6.92 Å². The zero-order chi connectivity index (χ0) is 13.9. The molecule has 0 radical (unpaired) electrons. The fourth-order valence-corrected chi connectivity index (χ4v) is 3.07. The SMILES string of the molecule is CCN1CCN(CCC(C)(CO)NC2CC2)CC1C. The Labute approximate surface area is 118 Å². The molecule has 2 atom stereocenters. The summed E-state index contributed by atoms with van der Waals surface area (Å²) in [5.74, 6) is 0. The highest BCUT2D eigenvalue weighted by molar-refractivity contribution is 4.93. The van der Waals surface area contributed by atoms with Crippen molar-refractivity contribution < 1.29 is 5.11 Å². The van der Waals surface area contributed by atoms with Crippen molar-refractivity contribution in [2.24, 2.45) is 0 Å². The van der Waals surface area contributed by atoms with E-state index in [1.807, 2.05) is 0 Å². The molecule has 1 saturated carbocycles. The second-order valence-electron chi connectivity index (χ2n) is 6.67. The third kappa shape index (κ3) is 4.42. The molecule has 1 aliphatic heterocycles. The molecule has 2 aliphatic rings. The molecule has 2 unspecified atom stereocenters. The number of aliphatic hydroxyl groups excluding tert-OH is 1. The van der Waals surface area contributed by atoms with E-state index in [4.69, 9.17) is 0 Å². The Morgan fingerprint density at radius 1 is 1.32 bits per heavy atom. The lowest BCUT2D eigenvalue weighted by atomic mass is 9.98. The number of nitrogens with zero attached hydrogens (tertiary/aromatic N) is 2. The van der Waals surface area contributed by atoms with E-state index >= 15 is 0 Å². The first-order chi connectivity index (χ1) is 9.06. The number of piperazine rings is 1. The van der Waals surface area contributed by atoms with E-state index in [1.54, 1.807) is 0 Å². The number of nitrogens with one attached hydrogen (secondary N) is 1. The molecule has 1 aliphatic carbocycles. The van der Waals surface area contributed by atoms with Crippen LogP contribution >= 0.6 is 0 Å².